The number of rotatable bonds is 0. The number of carbonyl (C=O) groups excluding carboxylic acids is 1. The van der Waals surface area contributed by atoms with E-state index < -0.39 is 0 Å². The first-order valence-corrected chi connectivity index (χ1v) is 5.83. The third-order valence-electron chi connectivity index (χ3n) is 3.96. The quantitative estimate of drug-likeness (QED) is 0.571. The first-order chi connectivity index (χ1) is 6.88. The van der Waals surface area contributed by atoms with Crippen molar-refractivity contribution in [3.05, 3.63) is 23.3 Å². The van der Waals surface area contributed by atoms with Crippen LogP contribution >= 0.6 is 0 Å². The van der Waals surface area contributed by atoms with Gasteiger partial charge < -0.3 is 0 Å². The lowest BCUT2D eigenvalue weighted by molar-refractivity contribution is -0.119. The fraction of sp³-hybridized carbons (Fsp3) is 0.615. The highest BCUT2D eigenvalue weighted by Crippen LogP contribution is 2.47. The summed E-state index contributed by atoms with van der Waals surface area (Å²) in [6.07, 6.45) is 11.7. The predicted molar refractivity (Wildman–Crippen MR) is 55.9 cm³/mol. The van der Waals surface area contributed by atoms with E-state index in [0.29, 0.717) is 17.6 Å². The summed E-state index contributed by atoms with van der Waals surface area (Å²) >= 11 is 0. The predicted octanol–water partition coefficient (Wildman–Crippen LogP) is 3.02. The van der Waals surface area contributed by atoms with Crippen molar-refractivity contribution in [2.75, 3.05) is 0 Å². The lowest BCUT2D eigenvalue weighted by atomic mass is 9.79. The maximum atomic E-state index is 12.1. The lowest BCUT2D eigenvalue weighted by Gasteiger charge is -2.24. The third kappa shape index (κ3) is 1.05. The van der Waals surface area contributed by atoms with E-state index in [9.17, 15) is 4.79 Å². The molecule has 1 nitrogen and oxygen atoms in total. The molecule has 14 heavy (non-hydrogen) atoms. The Kier molecular flexibility index (Phi) is 1.86. The van der Waals surface area contributed by atoms with Gasteiger partial charge in [-0.2, -0.15) is 0 Å². The van der Waals surface area contributed by atoms with Gasteiger partial charge >= 0.3 is 0 Å². The molecule has 74 valence electrons. The summed E-state index contributed by atoms with van der Waals surface area (Å²) in [7, 11) is 0. The van der Waals surface area contributed by atoms with Crippen molar-refractivity contribution in [1.29, 1.82) is 0 Å². The molecule has 2 saturated carbocycles. The van der Waals surface area contributed by atoms with Gasteiger partial charge in [-0.3, -0.25) is 4.79 Å². The summed E-state index contributed by atoms with van der Waals surface area (Å²) in [5.41, 5.74) is 2.50. The van der Waals surface area contributed by atoms with Gasteiger partial charge in [-0.05, 0) is 37.2 Å². The zero-order valence-corrected chi connectivity index (χ0v) is 8.46. The third-order valence-corrected chi connectivity index (χ3v) is 3.96. The number of carbonyl (C=O) groups is 1. The Balaban J connectivity index is 2.02. The molecule has 0 heterocycles. The molecule has 3 aliphatic carbocycles. The highest BCUT2D eigenvalue weighted by Gasteiger charge is 2.43. The molecule has 3 rings (SSSR count). The van der Waals surface area contributed by atoms with E-state index in [2.05, 4.69) is 12.2 Å². The Morgan fingerprint density at radius 2 is 1.71 bits per heavy atom. The largest absolute Gasteiger partial charge is 0.294 e. The van der Waals surface area contributed by atoms with Gasteiger partial charge in [0.1, 0.15) is 0 Å². The fourth-order valence-electron chi connectivity index (χ4n) is 3.30. The molecule has 2 atom stereocenters. The van der Waals surface area contributed by atoms with Crippen molar-refractivity contribution in [1.82, 2.24) is 0 Å². The van der Waals surface area contributed by atoms with E-state index in [1.807, 2.05) is 0 Å². The first kappa shape index (κ1) is 8.46. The van der Waals surface area contributed by atoms with Crippen LogP contribution in [0.1, 0.15) is 38.5 Å². The van der Waals surface area contributed by atoms with Gasteiger partial charge in [-0.25, -0.2) is 0 Å². The van der Waals surface area contributed by atoms with Crippen LogP contribution in [0, 0.1) is 11.8 Å². The van der Waals surface area contributed by atoms with Gasteiger partial charge in [0, 0.05) is 11.5 Å². The molecule has 0 aromatic carbocycles. The number of Topliss-reactive ketones (excluding diaryl/α,β-unsaturated/α-hetero) is 1. The molecule has 2 unspecified atom stereocenters. The van der Waals surface area contributed by atoms with Gasteiger partial charge in [0.25, 0.3) is 0 Å². The Hall–Kier alpha value is -0.850. The summed E-state index contributed by atoms with van der Waals surface area (Å²) in [4.78, 5) is 12.1. The van der Waals surface area contributed by atoms with Crippen LogP contribution in [0.15, 0.2) is 23.3 Å². The zero-order valence-electron chi connectivity index (χ0n) is 8.46. The second-order valence-electron chi connectivity index (χ2n) is 4.72. The molecule has 0 aliphatic heterocycles. The highest BCUT2D eigenvalue weighted by atomic mass is 16.1. The van der Waals surface area contributed by atoms with Crippen molar-refractivity contribution in [2.24, 2.45) is 11.8 Å². The second-order valence-corrected chi connectivity index (χ2v) is 4.72. The van der Waals surface area contributed by atoms with Gasteiger partial charge in [0.15, 0.2) is 5.78 Å². The SMILES string of the molecule is O=C1C2=CCCC=C2C2CCCCC12. The fourth-order valence-corrected chi connectivity index (χ4v) is 3.30. The van der Waals surface area contributed by atoms with Crippen LogP contribution in [-0.4, -0.2) is 5.78 Å². The Bertz CT molecular complexity index is 335. The van der Waals surface area contributed by atoms with Crippen molar-refractivity contribution in [3.8, 4) is 0 Å². The molecule has 0 aromatic heterocycles. The topological polar surface area (TPSA) is 17.1 Å². The number of hydrogen-bond acceptors (Lipinski definition) is 1. The molecule has 0 N–H and O–H groups in total. The number of hydrogen-bond donors (Lipinski definition) is 0. The molecule has 0 spiro atoms. The summed E-state index contributed by atoms with van der Waals surface area (Å²) in [6.45, 7) is 0. The van der Waals surface area contributed by atoms with Crippen LogP contribution in [0.3, 0.4) is 0 Å². The summed E-state index contributed by atoms with van der Waals surface area (Å²) in [5.74, 6) is 1.42. The van der Waals surface area contributed by atoms with Gasteiger partial charge in [-0.15, -0.1) is 0 Å². The molecular formula is C13H16O. The second kappa shape index (κ2) is 3.08. The van der Waals surface area contributed by atoms with Crippen molar-refractivity contribution >= 4 is 5.78 Å². The van der Waals surface area contributed by atoms with E-state index in [1.54, 1.807) is 0 Å². The van der Waals surface area contributed by atoms with E-state index >= 15 is 0 Å². The Morgan fingerprint density at radius 3 is 2.57 bits per heavy atom. The molecule has 3 aliphatic rings. The smallest absolute Gasteiger partial charge is 0.166 e. The van der Waals surface area contributed by atoms with Crippen LogP contribution in [-0.2, 0) is 4.79 Å². The van der Waals surface area contributed by atoms with Crippen molar-refractivity contribution in [2.45, 2.75) is 38.5 Å². The molecule has 0 radical (unpaired) electrons. The zero-order chi connectivity index (χ0) is 9.54. The molecule has 0 amide bonds. The van der Waals surface area contributed by atoms with Crippen molar-refractivity contribution < 1.29 is 4.79 Å². The van der Waals surface area contributed by atoms with Crippen molar-refractivity contribution in [3.63, 3.8) is 0 Å². The normalized spacial score (nSPS) is 35.9. The first-order valence-electron chi connectivity index (χ1n) is 5.83. The Morgan fingerprint density at radius 1 is 1.00 bits per heavy atom. The molecule has 0 aromatic rings. The summed E-state index contributed by atoms with van der Waals surface area (Å²) in [5, 5.41) is 0. The minimum Gasteiger partial charge on any atom is -0.294 e. The van der Waals surface area contributed by atoms with E-state index in [-0.39, 0.29) is 0 Å². The molecule has 1 heteroatoms. The highest BCUT2D eigenvalue weighted by molar-refractivity contribution is 6.05. The summed E-state index contributed by atoms with van der Waals surface area (Å²) in [6, 6.07) is 0. The molecule has 2 fully saturated rings. The number of ketones is 1. The number of allylic oxidation sites excluding steroid dienone is 4. The lowest BCUT2D eigenvalue weighted by Crippen LogP contribution is -2.19. The van der Waals surface area contributed by atoms with Crippen LogP contribution in [0.4, 0.5) is 0 Å². The average Bonchev–Trinajstić information content (AvgIpc) is 2.55. The van der Waals surface area contributed by atoms with Gasteiger partial charge in [0.05, 0.1) is 0 Å². The Labute approximate surface area is 84.9 Å². The maximum absolute atomic E-state index is 12.1. The molecule has 0 saturated heterocycles. The summed E-state index contributed by atoms with van der Waals surface area (Å²) < 4.78 is 0. The van der Waals surface area contributed by atoms with E-state index in [1.165, 1.54) is 24.8 Å². The van der Waals surface area contributed by atoms with E-state index in [4.69, 9.17) is 0 Å². The van der Waals surface area contributed by atoms with Crippen LogP contribution < -0.4 is 0 Å². The molecule has 0 bridgehead atoms. The minimum absolute atomic E-state index is 0.361. The van der Waals surface area contributed by atoms with Crippen LogP contribution in [0.5, 0.6) is 0 Å². The maximum Gasteiger partial charge on any atom is 0.166 e. The average molecular weight is 188 g/mol. The van der Waals surface area contributed by atoms with Gasteiger partial charge in [-0.1, -0.05) is 25.0 Å². The van der Waals surface area contributed by atoms with Gasteiger partial charge in [0.2, 0.25) is 0 Å². The number of fused-ring (bicyclic) bond motifs is 3. The molecular weight excluding hydrogens is 172 g/mol. The monoisotopic (exact) mass is 188 g/mol. The van der Waals surface area contributed by atoms with E-state index in [0.717, 1.165) is 24.8 Å². The standard InChI is InChI=1S/C13H16O/c14-13-11-7-3-1-5-9(11)10-6-2-4-8-12(10)13/h5,7,10,12H,1-4,6,8H2. The minimum atomic E-state index is 0.361. The van der Waals surface area contributed by atoms with Crippen LogP contribution in [0.2, 0.25) is 0 Å². The van der Waals surface area contributed by atoms with Crippen LogP contribution in [0.25, 0.3) is 0 Å².